The lowest BCUT2D eigenvalue weighted by atomic mass is 10.1. The highest BCUT2D eigenvalue weighted by molar-refractivity contribution is 7.87. The van der Waals surface area contributed by atoms with Crippen molar-refractivity contribution in [1.82, 2.24) is 15.2 Å². The van der Waals surface area contributed by atoms with Crippen molar-refractivity contribution >= 4 is 21.9 Å². The Morgan fingerprint density at radius 3 is 2.61 bits per heavy atom. The van der Waals surface area contributed by atoms with Crippen LogP contribution in [-0.2, 0) is 16.0 Å². The van der Waals surface area contributed by atoms with Crippen LogP contribution in [0.25, 0.3) is 0 Å². The molecule has 0 amide bonds. The fourth-order valence-electron chi connectivity index (χ4n) is 2.27. The normalized spacial score (nSPS) is 23.6. The van der Waals surface area contributed by atoms with E-state index in [1.54, 1.807) is 13.0 Å². The van der Waals surface area contributed by atoms with Crippen LogP contribution in [-0.4, -0.2) is 25.1 Å². The highest BCUT2D eigenvalue weighted by atomic mass is 32.2. The van der Waals surface area contributed by atoms with Crippen molar-refractivity contribution in [2.24, 2.45) is 15.1 Å². The maximum absolute atomic E-state index is 14.2. The van der Waals surface area contributed by atoms with Gasteiger partial charge in [-0.25, -0.2) is 28.9 Å². The van der Waals surface area contributed by atoms with Gasteiger partial charge in [-0.05, 0) is 25.1 Å². The van der Waals surface area contributed by atoms with E-state index in [1.807, 2.05) is 4.72 Å². The number of hydrogen-bond donors (Lipinski definition) is 3. The van der Waals surface area contributed by atoms with E-state index in [0.29, 0.717) is 5.71 Å². The minimum Gasteiger partial charge on any atom is -0.247 e. The maximum Gasteiger partial charge on any atom is 0.277 e. The summed E-state index contributed by atoms with van der Waals surface area (Å²) in [5.74, 6) is -4.15. The summed E-state index contributed by atoms with van der Waals surface area (Å²) in [6.45, 7) is 1.69. The molecule has 122 valence electrons. The van der Waals surface area contributed by atoms with Crippen molar-refractivity contribution < 1.29 is 17.2 Å². The van der Waals surface area contributed by atoms with Gasteiger partial charge in [0.2, 0.25) is 11.7 Å². The largest absolute Gasteiger partial charge is 0.277 e. The summed E-state index contributed by atoms with van der Waals surface area (Å²) in [6, 6.07) is 3.11. The van der Waals surface area contributed by atoms with Crippen molar-refractivity contribution in [3.8, 4) is 0 Å². The molecular weight excluding hydrogens is 330 g/mol. The molecule has 1 aromatic carbocycles. The summed E-state index contributed by atoms with van der Waals surface area (Å²) in [4.78, 5) is 8.09. The minimum atomic E-state index is -4.36. The van der Waals surface area contributed by atoms with Crippen LogP contribution < -0.4 is 15.3 Å². The van der Waals surface area contributed by atoms with Crippen LogP contribution in [0, 0.1) is 11.6 Å². The first-order chi connectivity index (χ1) is 10.7. The Labute approximate surface area is 130 Å². The van der Waals surface area contributed by atoms with Crippen molar-refractivity contribution in [1.29, 1.82) is 0 Å². The Morgan fingerprint density at radius 2 is 2.00 bits per heavy atom. The molecule has 0 aromatic heterocycles. The third kappa shape index (κ3) is 2.86. The standard InChI is InChI=1S/C12H12F2N6O2S/c1-7-5-6-20-11(16-7)17-12(18-20,19-23(15,21)22)10-8(13)3-2-4-9(10)14/h2-6,18-19H,1H3,(H2,15,21,22). The van der Waals surface area contributed by atoms with E-state index >= 15 is 0 Å². The molecule has 0 saturated carbocycles. The van der Waals surface area contributed by atoms with Crippen molar-refractivity contribution in [2.75, 3.05) is 0 Å². The van der Waals surface area contributed by atoms with Crippen LogP contribution in [0.4, 0.5) is 8.78 Å². The third-order valence-corrected chi connectivity index (χ3v) is 3.70. The van der Waals surface area contributed by atoms with E-state index < -0.39 is 33.2 Å². The second-order valence-electron chi connectivity index (χ2n) is 4.92. The quantitative estimate of drug-likeness (QED) is 0.719. The van der Waals surface area contributed by atoms with Gasteiger partial charge in [0.05, 0.1) is 5.56 Å². The zero-order chi connectivity index (χ0) is 16.8. The summed E-state index contributed by atoms with van der Waals surface area (Å²) in [6.07, 6.45) is 3.10. The lowest BCUT2D eigenvalue weighted by Gasteiger charge is -2.29. The summed E-state index contributed by atoms with van der Waals surface area (Å²) < 4.78 is 53.3. The van der Waals surface area contributed by atoms with Crippen LogP contribution in [0.5, 0.6) is 0 Å². The predicted octanol–water partition coefficient (Wildman–Crippen LogP) is 0.0326. The third-order valence-electron chi connectivity index (χ3n) is 3.12. The van der Waals surface area contributed by atoms with Crippen molar-refractivity contribution in [3.63, 3.8) is 0 Å². The Kier molecular flexibility index (Phi) is 3.52. The smallest absolute Gasteiger partial charge is 0.247 e. The predicted molar refractivity (Wildman–Crippen MR) is 78.9 cm³/mol. The number of aliphatic imine (C=N–C) groups is 2. The first-order valence-corrected chi connectivity index (χ1v) is 7.91. The molecule has 0 bridgehead atoms. The van der Waals surface area contributed by atoms with Gasteiger partial charge in [0.1, 0.15) is 11.6 Å². The number of nitrogens with two attached hydrogens (primary N) is 1. The van der Waals surface area contributed by atoms with Crippen molar-refractivity contribution in [2.45, 2.75) is 12.7 Å². The van der Waals surface area contributed by atoms with E-state index in [2.05, 4.69) is 15.4 Å². The molecule has 2 aliphatic heterocycles. The molecule has 1 unspecified atom stereocenters. The molecule has 11 heteroatoms. The van der Waals surface area contributed by atoms with E-state index in [1.165, 1.54) is 11.2 Å². The van der Waals surface area contributed by atoms with E-state index in [4.69, 9.17) is 5.14 Å². The second kappa shape index (κ2) is 5.16. The van der Waals surface area contributed by atoms with Gasteiger partial charge in [-0.3, -0.25) is 0 Å². The molecular formula is C12H12F2N6O2S. The molecule has 2 aliphatic rings. The molecule has 0 radical (unpaired) electrons. The highest BCUT2D eigenvalue weighted by Crippen LogP contribution is 2.31. The first-order valence-electron chi connectivity index (χ1n) is 6.37. The molecule has 0 spiro atoms. The van der Waals surface area contributed by atoms with Crippen LogP contribution >= 0.6 is 0 Å². The lowest BCUT2D eigenvalue weighted by Crippen LogP contribution is -2.57. The monoisotopic (exact) mass is 342 g/mol. The lowest BCUT2D eigenvalue weighted by molar-refractivity contribution is 0.234. The van der Waals surface area contributed by atoms with Gasteiger partial charge in [-0.2, -0.15) is 18.6 Å². The summed E-state index contributed by atoms with van der Waals surface area (Å²) in [7, 11) is -4.36. The number of allylic oxidation sites excluding steroid dienone is 1. The average molecular weight is 342 g/mol. The van der Waals surface area contributed by atoms with E-state index in [0.717, 1.165) is 18.2 Å². The SMILES string of the molecule is CC1=NC2=NC(NS(N)(=O)=O)(c3c(F)cccc3F)NN2C=C1. The molecule has 1 aromatic rings. The van der Waals surface area contributed by atoms with Crippen LogP contribution in [0.3, 0.4) is 0 Å². The van der Waals surface area contributed by atoms with Gasteiger partial charge < -0.3 is 0 Å². The number of rotatable bonds is 3. The fraction of sp³-hybridized carbons (Fsp3) is 0.167. The first kappa shape index (κ1) is 15.7. The molecule has 0 saturated heterocycles. The average Bonchev–Trinajstić information content (AvgIpc) is 2.73. The number of hydrazine groups is 1. The molecule has 23 heavy (non-hydrogen) atoms. The number of nitrogens with zero attached hydrogens (tertiary/aromatic N) is 3. The number of nitrogens with one attached hydrogen (secondary N) is 2. The van der Waals surface area contributed by atoms with Crippen LogP contribution in [0.15, 0.2) is 40.5 Å². The zero-order valence-corrected chi connectivity index (χ0v) is 12.6. The number of fused-ring (bicyclic) bond motifs is 1. The summed E-state index contributed by atoms with van der Waals surface area (Å²) in [5.41, 5.74) is 2.51. The van der Waals surface area contributed by atoms with Crippen LogP contribution in [0.1, 0.15) is 12.5 Å². The highest BCUT2D eigenvalue weighted by Gasteiger charge is 2.47. The Bertz CT molecular complexity index is 846. The van der Waals surface area contributed by atoms with Crippen molar-refractivity contribution in [3.05, 3.63) is 47.7 Å². The minimum absolute atomic E-state index is 0.0313. The van der Waals surface area contributed by atoms with Gasteiger partial charge >= 0.3 is 0 Å². The van der Waals surface area contributed by atoms with E-state index in [-0.39, 0.29) is 5.96 Å². The van der Waals surface area contributed by atoms with Crippen LogP contribution in [0.2, 0.25) is 0 Å². The molecule has 4 N–H and O–H groups in total. The molecule has 3 rings (SSSR count). The molecule has 8 nitrogen and oxygen atoms in total. The molecule has 2 heterocycles. The fourth-order valence-corrected chi connectivity index (χ4v) is 2.88. The van der Waals surface area contributed by atoms with Gasteiger partial charge in [-0.15, -0.1) is 0 Å². The zero-order valence-electron chi connectivity index (χ0n) is 11.8. The summed E-state index contributed by atoms with van der Waals surface area (Å²) in [5, 5.41) is 6.22. The van der Waals surface area contributed by atoms with Gasteiger partial charge in [0.25, 0.3) is 10.2 Å². The molecule has 0 aliphatic carbocycles. The van der Waals surface area contributed by atoms with Gasteiger partial charge in [-0.1, -0.05) is 6.07 Å². The Balaban J connectivity index is 2.21. The topological polar surface area (TPSA) is 112 Å². The summed E-state index contributed by atoms with van der Waals surface area (Å²) >= 11 is 0. The second-order valence-corrected chi connectivity index (χ2v) is 6.21. The van der Waals surface area contributed by atoms with E-state index in [9.17, 15) is 17.2 Å². The number of guanidine groups is 1. The number of benzene rings is 1. The number of hydrogen-bond acceptors (Lipinski definition) is 6. The Morgan fingerprint density at radius 1 is 1.35 bits per heavy atom. The van der Waals surface area contributed by atoms with Gasteiger partial charge in [0, 0.05) is 11.9 Å². The van der Waals surface area contributed by atoms with Gasteiger partial charge in [0.15, 0.2) is 0 Å². The number of halogens is 2. The maximum atomic E-state index is 14.2. The molecule has 1 atom stereocenters. The molecule has 0 fully saturated rings. The Hall–Kier alpha value is -2.21.